The third-order valence-corrected chi connectivity index (χ3v) is 9.34. The number of rotatable bonds is 5. The maximum atomic E-state index is 6.45. The Bertz CT molecular complexity index is 1730. The molecule has 4 aliphatic rings. The molecule has 1 atom stereocenters. The van der Waals surface area contributed by atoms with Gasteiger partial charge >= 0.3 is 0 Å². The molecule has 7 heteroatoms. The minimum atomic E-state index is 0.193. The lowest BCUT2D eigenvalue weighted by molar-refractivity contribution is 0.0326. The maximum Gasteiger partial charge on any atom is 0.149 e. The van der Waals surface area contributed by atoms with Gasteiger partial charge in [0, 0.05) is 67.1 Å². The zero-order valence-corrected chi connectivity index (χ0v) is 27.6. The van der Waals surface area contributed by atoms with E-state index in [0.717, 1.165) is 71.7 Å². The summed E-state index contributed by atoms with van der Waals surface area (Å²) in [6.07, 6.45) is 9.39. The summed E-state index contributed by atoms with van der Waals surface area (Å²) < 4.78 is 0. The lowest BCUT2D eigenvalue weighted by Gasteiger charge is -2.48. The zero-order chi connectivity index (χ0) is 32.6. The molecule has 0 spiro atoms. The summed E-state index contributed by atoms with van der Waals surface area (Å²) in [5, 5.41) is 8.44. The van der Waals surface area contributed by atoms with Crippen molar-refractivity contribution in [1.29, 1.82) is 0 Å². The highest BCUT2D eigenvalue weighted by Gasteiger charge is 2.45. The van der Waals surface area contributed by atoms with Crippen LogP contribution in [-0.4, -0.2) is 59.0 Å². The van der Waals surface area contributed by atoms with E-state index in [2.05, 4.69) is 112 Å². The fraction of sp³-hybridized carbons (Fsp3) is 0.300. The Morgan fingerprint density at radius 2 is 1.60 bits per heavy atom. The Balaban J connectivity index is 0.000000302. The molecule has 0 amide bonds. The molecule has 0 radical (unpaired) electrons. The number of aliphatic imine (C=N–C) groups is 1. The number of aromatic nitrogens is 1. The number of benzene rings is 3. The van der Waals surface area contributed by atoms with Crippen molar-refractivity contribution in [1.82, 2.24) is 25.4 Å². The monoisotopic (exact) mass is 625 g/mol. The maximum absolute atomic E-state index is 6.45. The van der Waals surface area contributed by atoms with E-state index in [9.17, 15) is 0 Å². The summed E-state index contributed by atoms with van der Waals surface area (Å²) in [5.41, 5.74) is 14.1. The molecule has 2 fully saturated rings. The van der Waals surface area contributed by atoms with Gasteiger partial charge in [-0.15, -0.1) is 6.58 Å². The number of pyridine rings is 1. The largest absolute Gasteiger partial charge is 0.382 e. The van der Waals surface area contributed by atoms with Crippen LogP contribution in [0.4, 0.5) is 0 Å². The molecule has 4 aromatic rings. The van der Waals surface area contributed by atoms with E-state index in [1.807, 2.05) is 37.4 Å². The topological polar surface area (TPSA) is 81.8 Å². The van der Waals surface area contributed by atoms with E-state index in [-0.39, 0.29) is 6.17 Å². The molecule has 1 aromatic heterocycles. The van der Waals surface area contributed by atoms with Crippen molar-refractivity contribution in [2.45, 2.75) is 45.3 Å². The SMILES string of the molecule is C=CC.CCc1ccccc1.NC1=NC=CN2C1=C(c1ccc3ccc(-c4ccccc4)nc3c1)NC2C1CC(N2CCNCC2)C1. The molecular formula is C40H47N7. The Morgan fingerprint density at radius 3 is 2.28 bits per heavy atom. The predicted octanol–water partition coefficient (Wildman–Crippen LogP) is 6.77. The molecular weight excluding hydrogens is 578 g/mol. The van der Waals surface area contributed by atoms with E-state index < -0.39 is 0 Å². The highest BCUT2D eigenvalue weighted by molar-refractivity contribution is 6.05. The van der Waals surface area contributed by atoms with Crippen LogP contribution in [0.2, 0.25) is 0 Å². The molecule has 47 heavy (non-hydrogen) atoms. The van der Waals surface area contributed by atoms with Gasteiger partial charge in [0.25, 0.3) is 0 Å². The Hall–Kier alpha value is -4.72. The summed E-state index contributed by atoms with van der Waals surface area (Å²) >= 11 is 0. The van der Waals surface area contributed by atoms with E-state index in [0.29, 0.717) is 17.8 Å². The third kappa shape index (κ3) is 7.32. The second kappa shape index (κ2) is 15.2. The summed E-state index contributed by atoms with van der Waals surface area (Å²) in [7, 11) is 0. The Labute approximate surface area is 279 Å². The number of nitrogens with zero attached hydrogens (tertiary/aromatic N) is 4. The number of fused-ring (bicyclic) bond motifs is 2. The molecule has 1 aliphatic carbocycles. The molecule has 1 saturated carbocycles. The molecule has 1 saturated heterocycles. The summed E-state index contributed by atoms with van der Waals surface area (Å²) in [6.45, 7) is 11.9. The molecule has 8 rings (SSSR count). The van der Waals surface area contributed by atoms with Crippen molar-refractivity contribution in [2.75, 3.05) is 26.2 Å². The normalized spacial score (nSPS) is 21.7. The lowest BCUT2D eigenvalue weighted by atomic mass is 9.76. The number of piperazine rings is 1. The quantitative estimate of drug-likeness (QED) is 0.213. The molecule has 3 aliphatic heterocycles. The second-order valence-electron chi connectivity index (χ2n) is 12.4. The summed E-state index contributed by atoms with van der Waals surface area (Å²) in [6, 6.07) is 32.2. The van der Waals surface area contributed by atoms with Gasteiger partial charge in [-0.25, -0.2) is 9.98 Å². The van der Waals surface area contributed by atoms with Gasteiger partial charge in [-0.05, 0) is 43.9 Å². The van der Waals surface area contributed by atoms with Crippen molar-refractivity contribution < 1.29 is 0 Å². The first-order chi connectivity index (χ1) is 23.1. The van der Waals surface area contributed by atoms with Crippen molar-refractivity contribution in [2.24, 2.45) is 16.6 Å². The van der Waals surface area contributed by atoms with Crippen LogP contribution in [0.1, 0.15) is 37.8 Å². The van der Waals surface area contributed by atoms with Gasteiger partial charge in [0.15, 0.2) is 0 Å². The highest BCUT2D eigenvalue weighted by atomic mass is 15.4. The zero-order valence-electron chi connectivity index (χ0n) is 27.6. The Morgan fingerprint density at radius 1 is 0.915 bits per heavy atom. The number of allylic oxidation sites excluding steroid dienone is 1. The fourth-order valence-corrected chi connectivity index (χ4v) is 6.78. The molecule has 3 aromatic carbocycles. The first-order valence-electron chi connectivity index (χ1n) is 16.9. The molecule has 1 unspecified atom stereocenters. The van der Waals surface area contributed by atoms with Gasteiger partial charge in [0.1, 0.15) is 17.7 Å². The van der Waals surface area contributed by atoms with Gasteiger partial charge in [-0.2, -0.15) is 0 Å². The van der Waals surface area contributed by atoms with Crippen LogP contribution in [0.3, 0.4) is 0 Å². The van der Waals surface area contributed by atoms with Crippen LogP contribution in [-0.2, 0) is 6.42 Å². The number of hydrogen-bond donors (Lipinski definition) is 3. The lowest BCUT2D eigenvalue weighted by Crippen LogP contribution is -2.57. The molecule has 7 nitrogen and oxygen atoms in total. The minimum Gasteiger partial charge on any atom is -0.382 e. The average molecular weight is 626 g/mol. The van der Waals surface area contributed by atoms with Crippen molar-refractivity contribution >= 4 is 22.4 Å². The van der Waals surface area contributed by atoms with Gasteiger partial charge in [-0.1, -0.05) is 91.9 Å². The Kier molecular flexibility index (Phi) is 10.5. The van der Waals surface area contributed by atoms with Crippen molar-refractivity contribution in [3.63, 3.8) is 0 Å². The standard InChI is InChI=1S/C29H31N7.C8H10.C3H6/c30-28-27-26(21-7-6-20-8-9-24(33-25(20)18-21)19-4-2-1-3-5-19)34-29(36(27)15-12-32-28)22-16-23(17-22)35-13-10-31-11-14-35;1-2-8-6-4-3-5-7-8;1-3-2/h1-9,12,15,18,22-23,29,31,34H,10-11,13-14,16-17H2,(H2,30,32);3-7H,2H2,1H3;3H,1H2,2H3. The molecule has 4 heterocycles. The third-order valence-electron chi connectivity index (χ3n) is 9.34. The second-order valence-corrected chi connectivity index (χ2v) is 12.4. The fourth-order valence-electron chi connectivity index (χ4n) is 6.78. The van der Waals surface area contributed by atoms with Gasteiger partial charge in [0.05, 0.1) is 16.9 Å². The summed E-state index contributed by atoms with van der Waals surface area (Å²) in [4.78, 5) is 14.4. The smallest absolute Gasteiger partial charge is 0.149 e. The average Bonchev–Trinajstić information content (AvgIpc) is 3.49. The minimum absolute atomic E-state index is 0.193. The van der Waals surface area contributed by atoms with E-state index in [4.69, 9.17) is 10.7 Å². The molecule has 4 N–H and O–H groups in total. The number of aryl methyl sites for hydroxylation is 1. The van der Waals surface area contributed by atoms with Crippen LogP contribution >= 0.6 is 0 Å². The van der Waals surface area contributed by atoms with Crippen LogP contribution in [0.5, 0.6) is 0 Å². The predicted molar refractivity (Wildman–Crippen MR) is 196 cm³/mol. The van der Waals surface area contributed by atoms with Crippen molar-refractivity contribution in [3.05, 3.63) is 133 Å². The van der Waals surface area contributed by atoms with E-state index in [1.54, 1.807) is 6.08 Å². The number of nitrogens with two attached hydrogens (primary N) is 1. The first kappa shape index (κ1) is 32.2. The van der Waals surface area contributed by atoms with E-state index in [1.165, 1.54) is 18.4 Å². The number of nitrogens with one attached hydrogen (secondary N) is 2. The highest BCUT2D eigenvalue weighted by Crippen LogP contribution is 2.42. The first-order valence-corrected chi connectivity index (χ1v) is 16.9. The number of amidine groups is 1. The van der Waals surface area contributed by atoms with Crippen LogP contribution in [0.15, 0.2) is 127 Å². The molecule has 242 valence electrons. The van der Waals surface area contributed by atoms with E-state index >= 15 is 0 Å². The van der Waals surface area contributed by atoms with Gasteiger partial charge in [0.2, 0.25) is 0 Å². The summed E-state index contributed by atoms with van der Waals surface area (Å²) in [5.74, 6) is 1.13. The van der Waals surface area contributed by atoms with Gasteiger partial charge < -0.3 is 21.3 Å². The number of hydrogen-bond acceptors (Lipinski definition) is 7. The molecule has 0 bridgehead atoms. The van der Waals surface area contributed by atoms with Crippen LogP contribution in [0.25, 0.3) is 27.9 Å². The van der Waals surface area contributed by atoms with Crippen LogP contribution in [0, 0.1) is 5.92 Å². The van der Waals surface area contributed by atoms with Crippen LogP contribution < -0.4 is 16.4 Å². The van der Waals surface area contributed by atoms with Crippen molar-refractivity contribution in [3.8, 4) is 11.3 Å². The van der Waals surface area contributed by atoms with Gasteiger partial charge in [-0.3, -0.25) is 4.90 Å².